The molecule has 7 nitrogen and oxygen atoms in total. The summed E-state index contributed by atoms with van der Waals surface area (Å²) in [5.41, 5.74) is 0. The van der Waals surface area contributed by atoms with Crippen molar-refractivity contribution in [2.75, 3.05) is 0 Å². The Morgan fingerprint density at radius 2 is 0.667 bits per heavy atom. The fourth-order valence-electron chi connectivity index (χ4n) is 0. The van der Waals surface area contributed by atoms with Crippen molar-refractivity contribution in [3.8, 4) is 0 Å². The van der Waals surface area contributed by atoms with E-state index in [9.17, 15) is 0 Å². The quantitative estimate of drug-likeness (QED) is 0.346. The summed E-state index contributed by atoms with van der Waals surface area (Å²) in [6.45, 7) is 0. The van der Waals surface area contributed by atoms with Crippen molar-refractivity contribution in [3.63, 3.8) is 0 Å². The Morgan fingerprint density at radius 3 is 0.667 bits per heavy atom. The van der Waals surface area contributed by atoms with Crippen LogP contribution in [0.5, 0.6) is 0 Å². The summed E-state index contributed by atoms with van der Waals surface area (Å²) < 4.78 is 56.2. The standard InChI is InChI=1S/2GeHO2.3GeO/c2*2-1-3;3*1-2/h2*2H;;;. The zero-order valence-corrected chi connectivity index (χ0v) is 15.9. The van der Waals surface area contributed by atoms with E-state index >= 15 is 0 Å². The maximum absolute atomic E-state index is 8.61. The summed E-state index contributed by atoms with van der Waals surface area (Å²) in [6.07, 6.45) is 0. The van der Waals surface area contributed by atoms with E-state index in [0.717, 1.165) is 49.4 Å². The zero-order chi connectivity index (χ0) is 11.4. The molecule has 0 bridgehead atoms. The topological polar surface area (TPSA) is 126 Å². The van der Waals surface area contributed by atoms with E-state index in [1.54, 1.807) is 0 Å². The summed E-state index contributed by atoms with van der Waals surface area (Å²) in [6, 6.07) is 0. The van der Waals surface area contributed by atoms with Crippen molar-refractivity contribution in [3.05, 3.63) is 0 Å². The second-order valence-electron chi connectivity index (χ2n) is 0.183. The molecule has 2 N–H and O–H groups in total. The molecule has 0 aliphatic rings. The molecule has 0 aromatic rings. The predicted molar refractivity (Wildman–Crippen MR) is 36.6 cm³/mol. The molecule has 0 unspecified atom stereocenters. The SMILES string of the molecule is [O]=[Ge].[O]=[Ge].[O]=[Ge].[O]=[Ge][OH].[O]=[Ge][OH]. The van der Waals surface area contributed by atoms with Gasteiger partial charge in [-0.3, -0.25) is 0 Å². The molecule has 0 aromatic carbocycles. The van der Waals surface area contributed by atoms with E-state index in [0.29, 0.717) is 0 Å². The van der Waals surface area contributed by atoms with Gasteiger partial charge < -0.3 is 0 Å². The van der Waals surface area contributed by atoms with Gasteiger partial charge in [-0.2, -0.15) is 0 Å². The third-order valence-electron chi connectivity index (χ3n) is 0. The van der Waals surface area contributed by atoms with Crippen molar-refractivity contribution in [1.29, 1.82) is 0 Å². The molecule has 0 amide bonds. The number of hydrogen-bond donors (Lipinski definition) is 2. The van der Waals surface area contributed by atoms with E-state index in [1.165, 1.54) is 0 Å². The molecule has 64 valence electrons. The third-order valence-corrected chi connectivity index (χ3v) is 0. The molecule has 0 heterocycles. The van der Waals surface area contributed by atoms with Gasteiger partial charge in [-0.25, -0.2) is 0 Å². The van der Waals surface area contributed by atoms with Gasteiger partial charge in [0.2, 0.25) is 0 Å². The molecule has 0 aliphatic heterocycles. The van der Waals surface area contributed by atoms with E-state index < -0.39 is 31.4 Å². The Hall–Kier alpha value is 1.31. The first kappa shape index (κ1) is 29.2. The monoisotopic (exact) mass is 484 g/mol. The molecule has 0 saturated heterocycles. The van der Waals surface area contributed by atoms with Gasteiger partial charge in [0.05, 0.1) is 0 Å². The number of rotatable bonds is 0. The average molecular weight is 477 g/mol. The van der Waals surface area contributed by atoms with Crippen LogP contribution in [0.3, 0.4) is 0 Å². The average Bonchev–Trinajstić information content (AvgIpc) is 2.16. The predicted octanol–water partition coefficient (Wildman–Crippen LogP) is -3.61. The van der Waals surface area contributed by atoms with Crippen molar-refractivity contribution < 1.29 is 27.2 Å². The van der Waals surface area contributed by atoms with E-state index in [2.05, 4.69) is 0 Å². The molecule has 0 saturated carbocycles. The van der Waals surface area contributed by atoms with Crippen molar-refractivity contribution >= 4 is 80.8 Å². The van der Waals surface area contributed by atoms with Crippen LogP contribution in [0.4, 0.5) is 0 Å². The van der Waals surface area contributed by atoms with Crippen molar-refractivity contribution in [2.45, 2.75) is 0 Å². The Bertz CT molecular complexity index is 54.1. The molecule has 0 fully saturated rings. The van der Waals surface area contributed by atoms with Crippen LogP contribution >= 0.6 is 0 Å². The molecule has 0 aromatic heterocycles. The van der Waals surface area contributed by atoms with Crippen LogP contribution in [0, 0.1) is 0 Å². The van der Waals surface area contributed by atoms with Gasteiger partial charge in [-0.05, 0) is 0 Å². The first-order valence-electron chi connectivity index (χ1n) is 1.47. The van der Waals surface area contributed by atoms with Gasteiger partial charge in [0.25, 0.3) is 0 Å². The molecule has 12 heteroatoms. The second kappa shape index (κ2) is 144. The van der Waals surface area contributed by atoms with Gasteiger partial charge in [-0.1, -0.05) is 0 Å². The van der Waals surface area contributed by atoms with Crippen LogP contribution in [0.25, 0.3) is 0 Å². The first-order valence-corrected chi connectivity index (χ1v) is 7.63. The van der Waals surface area contributed by atoms with Crippen LogP contribution in [0.2, 0.25) is 0 Å². The number of hydrogen-bond acceptors (Lipinski definition) is 5. The molecular weight excluding hydrogens is 475 g/mol. The van der Waals surface area contributed by atoms with Crippen LogP contribution in [0.15, 0.2) is 0 Å². The van der Waals surface area contributed by atoms with Crippen LogP contribution < -0.4 is 0 Å². The minimum atomic E-state index is -1.75. The van der Waals surface area contributed by atoms with Gasteiger partial charge in [0, 0.05) is 0 Å². The summed E-state index contributed by atoms with van der Waals surface area (Å²) in [5, 5.41) is 0. The fraction of sp³-hybridized carbons (Fsp3) is 0. The minimum absolute atomic E-state index is 0.750. The van der Waals surface area contributed by atoms with E-state index in [-0.39, 0.29) is 0 Å². The second-order valence-corrected chi connectivity index (χ2v) is 0.949. The van der Waals surface area contributed by atoms with Crippen LogP contribution in [0.1, 0.15) is 0 Å². The molecule has 12 heavy (non-hydrogen) atoms. The molecule has 0 aliphatic carbocycles. The van der Waals surface area contributed by atoms with Gasteiger partial charge in [0.1, 0.15) is 0 Å². The molecule has 0 atom stereocenters. The third kappa shape index (κ3) is 697. The Labute approximate surface area is 107 Å². The normalized spacial score (nSPS) is 3.00. The Morgan fingerprint density at radius 1 is 0.667 bits per heavy atom. The summed E-state index contributed by atoms with van der Waals surface area (Å²) in [7, 11) is 0. The summed E-state index contributed by atoms with van der Waals surface area (Å²) in [5.74, 6) is 0. The van der Waals surface area contributed by atoms with Crippen molar-refractivity contribution in [2.24, 2.45) is 0 Å². The van der Waals surface area contributed by atoms with E-state index in [4.69, 9.17) is 27.2 Å². The zero-order valence-electron chi connectivity index (χ0n) is 5.44. The van der Waals surface area contributed by atoms with Crippen LogP contribution in [-0.4, -0.2) is 89.0 Å². The fourth-order valence-corrected chi connectivity index (χ4v) is 0. The first-order chi connectivity index (χ1) is 5.83. The molecule has 8 radical (unpaired) electrons. The van der Waals surface area contributed by atoms with Crippen LogP contribution in [-0.2, 0) is 18.9 Å². The molecule has 0 rings (SSSR count). The Balaban J connectivity index is -0.0000000174. The summed E-state index contributed by atoms with van der Waals surface area (Å²) >= 11 is -1.25. The molecular formula is H2Ge5O7. The Kier molecular flexibility index (Phi) is 349. The van der Waals surface area contributed by atoms with Gasteiger partial charge in [0.15, 0.2) is 0 Å². The van der Waals surface area contributed by atoms with Crippen molar-refractivity contribution in [1.82, 2.24) is 0 Å². The van der Waals surface area contributed by atoms with Gasteiger partial charge >= 0.3 is 108 Å². The van der Waals surface area contributed by atoms with Gasteiger partial charge in [-0.15, -0.1) is 0 Å². The van der Waals surface area contributed by atoms with E-state index in [1.807, 2.05) is 0 Å². The summed E-state index contributed by atoms with van der Waals surface area (Å²) in [4.78, 5) is 0. The molecule has 0 spiro atoms. The maximum atomic E-state index is 8.61.